The fourth-order valence-corrected chi connectivity index (χ4v) is 3.24. The molecule has 0 spiro atoms. The molecule has 1 aliphatic carbocycles. The maximum atomic E-state index is 12.2. The van der Waals surface area contributed by atoms with E-state index in [2.05, 4.69) is 16.0 Å². The zero-order chi connectivity index (χ0) is 18.2. The minimum Gasteiger partial charge on any atom is -0.335 e. The highest BCUT2D eigenvalue weighted by molar-refractivity contribution is 6.04. The summed E-state index contributed by atoms with van der Waals surface area (Å²) in [5.41, 5.74) is 1.89. The monoisotopic (exact) mass is 351 g/mol. The molecule has 0 aromatic heterocycles. The van der Waals surface area contributed by atoms with Crippen molar-refractivity contribution in [3.8, 4) is 0 Å². The highest BCUT2D eigenvalue weighted by Gasteiger charge is 2.14. The lowest BCUT2D eigenvalue weighted by Gasteiger charge is -2.17. The van der Waals surface area contributed by atoms with Gasteiger partial charge in [0.15, 0.2) is 0 Å². The van der Waals surface area contributed by atoms with Crippen LogP contribution in [-0.2, 0) is 0 Å². The molecule has 5 heteroatoms. The SMILES string of the molecule is O=C(Nc1cccc(NC(=O)c2ccccc2)c1)NC1CCCCCC1. The quantitative estimate of drug-likeness (QED) is 0.694. The van der Waals surface area contributed by atoms with Gasteiger partial charge in [-0.05, 0) is 43.2 Å². The summed E-state index contributed by atoms with van der Waals surface area (Å²) in [6.07, 6.45) is 6.94. The number of carbonyl (C=O) groups excluding carboxylic acids is 2. The van der Waals surface area contributed by atoms with Crippen molar-refractivity contribution < 1.29 is 9.59 Å². The predicted octanol–water partition coefficient (Wildman–Crippen LogP) is 4.78. The van der Waals surface area contributed by atoms with Gasteiger partial charge in [-0.3, -0.25) is 4.79 Å². The zero-order valence-electron chi connectivity index (χ0n) is 14.8. The third-order valence-electron chi connectivity index (χ3n) is 4.60. The van der Waals surface area contributed by atoms with E-state index < -0.39 is 0 Å². The normalized spacial score (nSPS) is 14.9. The Morgan fingerprint density at radius 2 is 1.42 bits per heavy atom. The summed E-state index contributed by atoms with van der Waals surface area (Å²) in [5, 5.41) is 8.77. The Hall–Kier alpha value is -2.82. The fourth-order valence-electron chi connectivity index (χ4n) is 3.24. The molecular weight excluding hydrogens is 326 g/mol. The topological polar surface area (TPSA) is 70.2 Å². The molecular formula is C21H25N3O2. The van der Waals surface area contributed by atoms with E-state index in [1.807, 2.05) is 30.3 Å². The lowest BCUT2D eigenvalue weighted by Crippen LogP contribution is -2.37. The fraction of sp³-hybridized carbons (Fsp3) is 0.333. The van der Waals surface area contributed by atoms with E-state index in [-0.39, 0.29) is 18.0 Å². The molecule has 2 aromatic rings. The van der Waals surface area contributed by atoms with Gasteiger partial charge in [0, 0.05) is 23.0 Å². The van der Waals surface area contributed by atoms with E-state index in [1.54, 1.807) is 24.3 Å². The second-order valence-electron chi connectivity index (χ2n) is 6.69. The largest absolute Gasteiger partial charge is 0.335 e. The van der Waals surface area contributed by atoms with E-state index in [0.29, 0.717) is 16.9 Å². The first-order valence-corrected chi connectivity index (χ1v) is 9.25. The van der Waals surface area contributed by atoms with E-state index in [4.69, 9.17) is 0 Å². The van der Waals surface area contributed by atoms with Crippen LogP contribution < -0.4 is 16.0 Å². The van der Waals surface area contributed by atoms with Crippen LogP contribution in [0.25, 0.3) is 0 Å². The second kappa shape index (κ2) is 9.04. The van der Waals surface area contributed by atoms with Crippen molar-refractivity contribution in [3.05, 3.63) is 60.2 Å². The van der Waals surface area contributed by atoms with Gasteiger partial charge in [0.1, 0.15) is 0 Å². The summed E-state index contributed by atoms with van der Waals surface area (Å²) in [6.45, 7) is 0. The summed E-state index contributed by atoms with van der Waals surface area (Å²) in [7, 11) is 0. The van der Waals surface area contributed by atoms with E-state index in [9.17, 15) is 9.59 Å². The Morgan fingerprint density at radius 3 is 2.12 bits per heavy atom. The minimum absolute atomic E-state index is 0.175. The number of benzene rings is 2. The van der Waals surface area contributed by atoms with E-state index in [1.165, 1.54) is 25.7 Å². The molecule has 3 amide bonds. The van der Waals surface area contributed by atoms with Crippen LogP contribution >= 0.6 is 0 Å². The third kappa shape index (κ3) is 5.34. The number of nitrogens with one attached hydrogen (secondary N) is 3. The summed E-state index contributed by atoms with van der Waals surface area (Å²) in [6, 6.07) is 16.3. The molecule has 3 N–H and O–H groups in total. The molecule has 0 bridgehead atoms. The van der Waals surface area contributed by atoms with Gasteiger partial charge in [-0.2, -0.15) is 0 Å². The molecule has 136 valence electrons. The van der Waals surface area contributed by atoms with Crippen LogP contribution in [0.3, 0.4) is 0 Å². The van der Waals surface area contributed by atoms with Gasteiger partial charge in [-0.1, -0.05) is 49.9 Å². The lowest BCUT2D eigenvalue weighted by atomic mass is 10.1. The Bertz CT molecular complexity index is 738. The van der Waals surface area contributed by atoms with Gasteiger partial charge in [-0.15, -0.1) is 0 Å². The van der Waals surface area contributed by atoms with Gasteiger partial charge >= 0.3 is 6.03 Å². The Balaban J connectivity index is 1.56. The zero-order valence-corrected chi connectivity index (χ0v) is 14.8. The number of anilines is 2. The maximum Gasteiger partial charge on any atom is 0.319 e. The van der Waals surface area contributed by atoms with Crippen LogP contribution in [0.4, 0.5) is 16.2 Å². The van der Waals surface area contributed by atoms with E-state index >= 15 is 0 Å². The molecule has 0 unspecified atom stereocenters. The maximum absolute atomic E-state index is 12.2. The molecule has 5 nitrogen and oxygen atoms in total. The van der Waals surface area contributed by atoms with Gasteiger partial charge in [-0.25, -0.2) is 4.79 Å². The first kappa shape index (κ1) is 18.0. The number of rotatable bonds is 4. The lowest BCUT2D eigenvalue weighted by molar-refractivity contribution is 0.102. The standard InChI is InChI=1S/C21H25N3O2/c25-20(16-9-4-3-5-10-16)22-18-13-8-14-19(15-18)24-21(26)23-17-11-6-1-2-7-12-17/h3-5,8-10,13-15,17H,1-2,6-7,11-12H2,(H,22,25)(H2,23,24,26). The predicted molar refractivity (Wildman–Crippen MR) is 104 cm³/mol. The minimum atomic E-state index is -0.191. The number of carbonyl (C=O) groups is 2. The molecule has 0 atom stereocenters. The molecule has 3 rings (SSSR count). The summed E-state index contributed by atoms with van der Waals surface area (Å²) in [4.78, 5) is 24.5. The third-order valence-corrected chi connectivity index (χ3v) is 4.60. The molecule has 0 radical (unpaired) electrons. The van der Waals surface area contributed by atoms with Crippen LogP contribution in [-0.4, -0.2) is 18.0 Å². The van der Waals surface area contributed by atoms with Crippen molar-refractivity contribution in [1.29, 1.82) is 0 Å². The van der Waals surface area contributed by atoms with Crippen molar-refractivity contribution in [3.63, 3.8) is 0 Å². The number of urea groups is 1. The van der Waals surface area contributed by atoms with Crippen LogP contribution in [0, 0.1) is 0 Å². The number of hydrogen-bond acceptors (Lipinski definition) is 2. The molecule has 26 heavy (non-hydrogen) atoms. The molecule has 0 saturated heterocycles. The van der Waals surface area contributed by atoms with Crippen molar-refractivity contribution in [2.75, 3.05) is 10.6 Å². The smallest absolute Gasteiger partial charge is 0.319 e. The average molecular weight is 351 g/mol. The first-order chi connectivity index (χ1) is 12.7. The van der Waals surface area contributed by atoms with Crippen molar-refractivity contribution >= 4 is 23.3 Å². The highest BCUT2D eigenvalue weighted by Crippen LogP contribution is 2.19. The molecule has 0 heterocycles. The van der Waals surface area contributed by atoms with Crippen LogP contribution in [0.15, 0.2) is 54.6 Å². The Kier molecular flexibility index (Phi) is 6.25. The van der Waals surface area contributed by atoms with Crippen molar-refractivity contribution in [2.24, 2.45) is 0 Å². The summed E-state index contributed by atoms with van der Waals surface area (Å²) < 4.78 is 0. The van der Waals surface area contributed by atoms with Gasteiger partial charge in [0.05, 0.1) is 0 Å². The molecule has 0 aliphatic heterocycles. The van der Waals surface area contributed by atoms with Crippen LogP contribution in [0.5, 0.6) is 0 Å². The molecule has 1 fully saturated rings. The Labute approximate surface area is 154 Å². The summed E-state index contributed by atoms with van der Waals surface area (Å²) >= 11 is 0. The van der Waals surface area contributed by atoms with E-state index in [0.717, 1.165) is 12.8 Å². The van der Waals surface area contributed by atoms with Gasteiger partial charge < -0.3 is 16.0 Å². The number of hydrogen-bond donors (Lipinski definition) is 3. The molecule has 2 aromatic carbocycles. The van der Waals surface area contributed by atoms with Crippen LogP contribution in [0.2, 0.25) is 0 Å². The van der Waals surface area contributed by atoms with Crippen molar-refractivity contribution in [2.45, 2.75) is 44.6 Å². The van der Waals surface area contributed by atoms with Crippen molar-refractivity contribution in [1.82, 2.24) is 5.32 Å². The summed E-state index contributed by atoms with van der Waals surface area (Å²) in [5.74, 6) is -0.175. The molecule has 1 aliphatic rings. The van der Waals surface area contributed by atoms with Gasteiger partial charge in [0.2, 0.25) is 0 Å². The van der Waals surface area contributed by atoms with Gasteiger partial charge in [0.25, 0.3) is 5.91 Å². The Morgan fingerprint density at radius 1 is 0.769 bits per heavy atom. The second-order valence-corrected chi connectivity index (χ2v) is 6.69. The van der Waals surface area contributed by atoms with Crippen LogP contribution in [0.1, 0.15) is 48.9 Å². The molecule has 1 saturated carbocycles. The highest BCUT2D eigenvalue weighted by atomic mass is 16.2. The number of amides is 3. The average Bonchev–Trinajstić information content (AvgIpc) is 2.91. The first-order valence-electron chi connectivity index (χ1n) is 9.25.